The Kier molecular flexibility index (Phi) is 5.70. The van der Waals surface area contributed by atoms with Crippen molar-refractivity contribution in [3.8, 4) is 0 Å². The van der Waals surface area contributed by atoms with E-state index in [9.17, 15) is 4.79 Å². The molecule has 0 aliphatic heterocycles. The van der Waals surface area contributed by atoms with Gasteiger partial charge in [0.25, 0.3) is 0 Å². The first kappa shape index (κ1) is 15.9. The summed E-state index contributed by atoms with van der Waals surface area (Å²) in [6, 6.07) is 8.01. The number of carbonyl (C=O) groups is 1. The van der Waals surface area contributed by atoms with Crippen LogP contribution < -0.4 is 11.1 Å². The number of para-hydroxylation sites is 1. The van der Waals surface area contributed by atoms with Gasteiger partial charge in [-0.3, -0.25) is 4.79 Å². The summed E-state index contributed by atoms with van der Waals surface area (Å²) in [4.78, 5) is 16.5. The van der Waals surface area contributed by atoms with E-state index in [1.165, 1.54) is 0 Å². The van der Waals surface area contributed by atoms with Crippen molar-refractivity contribution in [1.29, 1.82) is 0 Å². The molecule has 1 aromatic carbocycles. The number of carbonyl (C=O) groups excluding carboxylic acids is 1. The Morgan fingerprint density at radius 3 is 2.81 bits per heavy atom. The molecule has 2 rings (SSSR count). The second-order valence-electron chi connectivity index (χ2n) is 5.79. The monoisotopic (exact) mass is 305 g/mol. The third kappa shape index (κ3) is 4.79. The number of nitrogens with two attached hydrogens (primary N) is 1. The van der Waals surface area contributed by atoms with Gasteiger partial charge in [-0.25, -0.2) is 4.98 Å². The first-order chi connectivity index (χ1) is 10.1. The van der Waals surface area contributed by atoms with Crippen molar-refractivity contribution >= 4 is 27.5 Å². The summed E-state index contributed by atoms with van der Waals surface area (Å²) in [6.45, 7) is 5.37. The zero-order valence-electron chi connectivity index (χ0n) is 12.6. The van der Waals surface area contributed by atoms with Gasteiger partial charge >= 0.3 is 0 Å². The molecule has 4 nitrogen and oxygen atoms in total. The number of amides is 1. The number of nitrogens with one attached hydrogen (secondary N) is 1. The van der Waals surface area contributed by atoms with E-state index in [1.807, 2.05) is 24.3 Å². The van der Waals surface area contributed by atoms with E-state index in [2.05, 4.69) is 24.1 Å². The molecule has 1 heterocycles. The second kappa shape index (κ2) is 7.52. The second-order valence-corrected chi connectivity index (χ2v) is 6.90. The van der Waals surface area contributed by atoms with E-state index in [-0.39, 0.29) is 11.8 Å². The molecule has 0 aliphatic rings. The molecular weight excluding hydrogens is 282 g/mol. The van der Waals surface area contributed by atoms with Crippen molar-refractivity contribution in [2.75, 3.05) is 6.54 Å². The average Bonchev–Trinajstić information content (AvgIpc) is 2.86. The van der Waals surface area contributed by atoms with E-state index < -0.39 is 0 Å². The zero-order chi connectivity index (χ0) is 15.2. The average molecular weight is 305 g/mol. The van der Waals surface area contributed by atoms with E-state index in [0.717, 1.165) is 21.6 Å². The van der Waals surface area contributed by atoms with Gasteiger partial charge in [-0.15, -0.1) is 11.3 Å². The van der Waals surface area contributed by atoms with Gasteiger partial charge in [0.05, 0.1) is 16.8 Å². The third-order valence-electron chi connectivity index (χ3n) is 3.39. The summed E-state index contributed by atoms with van der Waals surface area (Å²) in [5, 5.41) is 3.89. The SMILES string of the molecule is CC(C)CC(CN)CC(=O)NCc1nc2ccccc2s1. The van der Waals surface area contributed by atoms with E-state index >= 15 is 0 Å². The van der Waals surface area contributed by atoms with Crippen LogP contribution in [0.5, 0.6) is 0 Å². The van der Waals surface area contributed by atoms with Crippen molar-refractivity contribution in [3.05, 3.63) is 29.3 Å². The normalized spacial score (nSPS) is 12.8. The highest BCUT2D eigenvalue weighted by molar-refractivity contribution is 7.18. The molecule has 0 saturated heterocycles. The molecule has 0 fully saturated rings. The summed E-state index contributed by atoms with van der Waals surface area (Å²) in [5.41, 5.74) is 6.73. The number of aromatic nitrogens is 1. The van der Waals surface area contributed by atoms with Crippen molar-refractivity contribution in [3.63, 3.8) is 0 Å². The minimum absolute atomic E-state index is 0.0605. The molecule has 0 aliphatic carbocycles. The zero-order valence-corrected chi connectivity index (χ0v) is 13.5. The highest BCUT2D eigenvalue weighted by atomic mass is 32.1. The molecule has 0 radical (unpaired) electrons. The largest absolute Gasteiger partial charge is 0.350 e. The van der Waals surface area contributed by atoms with Crippen LogP contribution in [-0.2, 0) is 11.3 Å². The number of rotatable bonds is 7. The maximum atomic E-state index is 12.0. The fourth-order valence-electron chi connectivity index (χ4n) is 2.43. The minimum atomic E-state index is 0.0605. The summed E-state index contributed by atoms with van der Waals surface area (Å²) in [5.74, 6) is 0.890. The number of fused-ring (bicyclic) bond motifs is 1. The minimum Gasteiger partial charge on any atom is -0.350 e. The molecule has 21 heavy (non-hydrogen) atoms. The van der Waals surface area contributed by atoms with Crippen molar-refractivity contribution in [2.24, 2.45) is 17.6 Å². The summed E-state index contributed by atoms with van der Waals surface area (Å²) in [6.07, 6.45) is 1.49. The van der Waals surface area contributed by atoms with E-state index in [1.54, 1.807) is 11.3 Å². The molecule has 1 atom stereocenters. The lowest BCUT2D eigenvalue weighted by Crippen LogP contribution is -2.28. The fourth-order valence-corrected chi connectivity index (χ4v) is 3.34. The van der Waals surface area contributed by atoms with Crippen LogP contribution in [0, 0.1) is 11.8 Å². The Balaban J connectivity index is 1.85. The molecule has 0 saturated carbocycles. The predicted molar refractivity (Wildman–Crippen MR) is 88.1 cm³/mol. The van der Waals surface area contributed by atoms with Crippen LogP contribution in [0.3, 0.4) is 0 Å². The van der Waals surface area contributed by atoms with Crippen LogP contribution in [0.4, 0.5) is 0 Å². The lowest BCUT2D eigenvalue weighted by Gasteiger charge is -2.16. The first-order valence-electron chi connectivity index (χ1n) is 7.39. The Hall–Kier alpha value is -1.46. The number of benzene rings is 1. The third-order valence-corrected chi connectivity index (χ3v) is 4.42. The quantitative estimate of drug-likeness (QED) is 0.826. The smallest absolute Gasteiger partial charge is 0.220 e. The van der Waals surface area contributed by atoms with Crippen LogP contribution >= 0.6 is 11.3 Å². The van der Waals surface area contributed by atoms with Crippen LogP contribution in [-0.4, -0.2) is 17.4 Å². The van der Waals surface area contributed by atoms with Crippen LogP contribution in [0.2, 0.25) is 0 Å². The van der Waals surface area contributed by atoms with Gasteiger partial charge in [-0.1, -0.05) is 26.0 Å². The molecule has 1 unspecified atom stereocenters. The van der Waals surface area contributed by atoms with Crippen molar-refractivity contribution in [2.45, 2.75) is 33.2 Å². The molecule has 3 N–H and O–H groups in total. The lowest BCUT2D eigenvalue weighted by atomic mass is 9.94. The van der Waals surface area contributed by atoms with Gasteiger partial charge in [0.2, 0.25) is 5.91 Å². The Labute approximate surface area is 129 Å². The standard InChI is InChI=1S/C16H23N3OS/c1-11(2)7-12(9-17)8-15(20)18-10-16-19-13-5-3-4-6-14(13)21-16/h3-6,11-12H,7-10,17H2,1-2H3,(H,18,20). The molecule has 114 valence electrons. The summed E-state index contributed by atoms with van der Waals surface area (Å²) >= 11 is 1.62. The van der Waals surface area contributed by atoms with Gasteiger partial charge in [0.1, 0.15) is 5.01 Å². The van der Waals surface area contributed by atoms with Gasteiger partial charge in [-0.2, -0.15) is 0 Å². The number of hydrogen-bond acceptors (Lipinski definition) is 4. The molecular formula is C16H23N3OS. The topological polar surface area (TPSA) is 68.0 Å². The fraction of sp³-hybridized carbons (Fsp3) is 0.500. The summed E-state index contributed by atoms with van der Waals surface area (Å²) < 4.78 is 1.15. The van der Waals surface area contributed by atoms with Gasteiger partial charge in [0, 0.05) is 6.42 Å². The maximum absolute atomic E-state index is 12.0. The molecule has 0 bridgehead atoms. The Bertz CT molecular complexity index is 561. The number of thiazole rings is 1. The van der Waals surface area contributed by atoms with E-state index in [4.69, 9.17) is 5.73 Å². The van der Waals surface area contributed by atoms with E-state index in [0.29, 0.717) is 25.4 Å². The summed E-state index contributed by atoms with van der Waals surface area (Å²) in [7, 11) is 0. The van der Waals surface area contributed by atoms with Gasteiger partial charge < -0.3 is 11.1 Å². The van der Waals surface area contributed by atoms with Gasteiger partial charge in [0.15, 0.2) is 0 Å². The maximum Gasteiger partial charge on any atom is 0.220 e. The van der Waals surface area contributed by atoms with Crippen LogP contribution in [0.15, 0.2) is 24.3 Å². The Morgan fingerprint density at radius 2 is 2.14 bits per heavy atom. The predicted octanol–water partition coefficient (Wildman–Crippen LogP) is 2.92. The number of nitrogens with zero attached hydrogens (tertiary/aromatic N) is 1. The molecule has 5 heteroatoms. The molecule has 2 aromatic rings. The van der Waals surface area contributed by atoms with Crippen molar-refractivity contribution < 1.29 is 4.79 Å². The number of hydrogen-bond donors (Lipinski definition) is 2. The van der Waals surface area contributed by atoms with Crippen LogP contribution in [0.1, 0.15) is 31.7 Å². The van der Waals surface area contributed by atoms with Crippen LogP contribution in [0.25, 0.3) is 10.2 Å². The highest BCUT2D eigenvalue weighted by Gasteiger charge is 2.14. The molecule has 0 spiro atoms. The first-order valence-corrected chi connectivity index (χ1v) is 8.21. The highest BCUT2D eigenvalue weighted by Crippen LogP contribution is 2.21. The Morgan fingerprint density at radius 1 is 1.38 bits per heavy atom. The molecule has 1 amide bonds. The lowest BCUT2D eigenvalue weighted by molar-refractivity contribution is -0.122. The molecule has 1 aromatic heterocycles. The van der Waals surface area contributed by atoms with Gasteiger partial charge in [-0.05, 0) is 36.9 Å². The van der Waals surface area contributed by atoms with Crippen molar-refractivity contribution in [1.82, 2.24) is 10.3 Å².